The number of hydrogen-bond acceptors (Lipinski definition) is 3. The molecule has 0 aliphatic carbocycles. The molecule has 3 aromatic carbocycles. The van der Waals surface area contributed by atoms with Crippen molar-refractivity contribution in [1.29, 1.82) is 0 Å². The van der Waals surface area contributed by atoms with Crippen molar-refractivity contribution in [2.75, 3.05) is 10.6 Å². The normalized spacial score (nSPS) is 11.6. The molecule has 148 valence electrons. The average molecular weight is 537 g/mol. The highest BCUT2D eigenvalue weighted by Crippen LogP contribution is 2.26. The summed E-state index contributed by atoms with van der Waals surface area (Å²) in [5.74, 6) is -0.285. The number of thioether (sulfide) groups is 1. The van der Waals surface area contributed by atoms with Gasteiger partial charge in [-0.1, -0.05) is 17.7 Å². The van der Waals surface area contributed by atoms with E-state index in [4.69, 9.17) is 11.6 Å². The van der Waals surface area contributed by atoms with Crippen LogP contribution in [0.15, 0.2) is 77.7 Å². The number of amides is 2. The standard InChI is InChI=1S/C22H18ClIN2O2S/c1-14(21(27)25-18-7-5-17(24)6-8-18)29-20-11-9-19(10-12-20)26-22(28)15-3-2-4-16(23)13-15/h2-14H,1H3,(H,25,27)(H,26,28). The number of hydrogen-bond donors (Lipinski definition) is 2. The van der Waals surface area contributed by atoms with Crippen LogP contribution in [0.4, 0.5) is 11.4 Å². The maximum Gasteiger partial charge on any atom is 0.255 e. The summed E-state index contributed by atoms with van der Waals surface area (Å²) >= 11 is 9.61. The Hall–Kier alpha value is -2.03. The van der Waals surface area contributed by atoms with Crippen LogP contribution >= 0.6 is 46.0 Å². The van der Waals surface area contributed by atoms with Crippen LogP contribution in [0.5, 0.6) is 0 Å². The minimum Gasteiger partial charge on any atom is -0.325 e. The molecule has 2 amide bonds. The Morgan fingerprint density at radius 1 is 0.931 bits per heavy atom. The fraction of sp³-hybridized carbons (Fsp3) is 0.0909. The van der Waals surface area contributed by atoms with Crippen LogP contribution in [0.3, 0.4) is 0 Å². The molecule has 0 saturated carbocycles. The Labute approximate surface area is 192 Å². The van der Waals surface area contributed by atoms with Gasteiger partial charge in [0.2, 0.25) is 5.91 Å². The second-order valence-corrected chi connectivity index (χ2v) is 9.34. The molecule has 1 unspecified atom stereocenters. The lowest BCUT2D eigenvalue weighted by molar-refractivity contribution is -0.115. The predicted octanol–water partition coefficient (Wildman–Crippen LogP) is 6.32. The van der Waals surface area contributed by atoms with Crippen LogP contribution < -0.4 is 10.6 Å². The minimum absolute atomic E-state index is 0.0606. The van der Waals surface area contributed by atoms with Crippen molar-refractivity contribution >= 4 is 69.1 Å². The van der Waals surface area contributed by atoms with Crippen molar-refractivity contribution in [3.8, 4) is 0 Å². The highest BCUT2D eigenvalue weighted by Gasteiger charge is 2.15. The fourth-order valence-corrected chi connectivity index (χ4v) is 3.90. The van der Waals surface area contributed by atoms with Gasteiger partial charge < -0.3 is 10.6 Å². The Kier molecular flexibility index (Phi) is 7.57. The fourth-order valence-electron chi connectivity index (χ4n) is 2.48. The summed E-state index contributed by atoms with van der Waals surface area (Å²) in [5.41, 5.74) is 1.95. The summed E-state index contributed by atoms with van der Waals surface area (Å²) in [6.07, 6.45) is 0. The van der Waals surface area contributed by atoms with Gasteiger partial charge in [-0.05, 0) is 96.2 Å². The van der Waals surface area contributed by atoms with E-state index < -0.39 is 0 Å². The number of benzene rings is 3. The Balaban J connectivity index is 1.56. The maximum atomic E-state index is 12.4. The minimum atomic E-state index is -0.263. The lowest BCUT2D eigenvalue weighted by Gasteiger charge is -2.13. The van der Waals surface area contributed by atoms with Gasteiger partial charge in [0.25, 0.3) is 5.91 Å². The molecule has 0 bridgehead atoms. The van der Waals surface area contributed by atoms with Gasteiger partial charge in [-0.25, -0.2) is 0 Å². The first-order valence-electron chi connectivity index (χ1n) is 8.81. The predicted molar refractivity (Wildman–Crippen MR) is 129 cm³/mol. The van der Waals surface area contributed by atoms with Gasteiger partial charge >= 0.3 is 0 Å². The van der Waals surface area contributed by atoms with Gasteiger partial charge in [0.1, 0.15) is 0 Å². The summed E-state index contributed by atoms with van der Waals surface area (Å²) in [6, 6.07) is 21.8. The quantitative estimate of drug-likeness (QED) is 0.286. The van der Waals surface area contributed by atoms with Crippen molar-refractivity contribution in [2.24, 2.45) is 0 Å². The third kappa shape index (κ3) is 6.48. The highest BCUT2D eigenvalue weighted by atomic mass is 127. The van der Waals surface area contributed by atoms with Crippen LogP contribution in [0.25, 0.3) is 0 Å². The maximum absolute atomic E-state index is 12.4. The van der Waals surface area contributed by atoms with E-state index in [1.807, 2.05) is 55.5 Å². The van der Waals surface area contributed by atoms with E-state index in [9.17, 15) is 9.59 Å². The van der Waals surface area contributed by atoms with Crippen molar-refractivity contribution in [1.82, 2.24) is 0 Å². The lowest BCUT2D eigenvalue weighted by atomic mass is 10.2. The molecule has 3 aromatic rings. The summed E-state index contributed by atoms with van der Waals surface area (Å²) < 4.78 is 1.12. The summed E-state index contributed by atoms with van der Waals surface area (Å²) in [4.78, 5) is 25.6. The molecule has 7 heteroatoms. The Morgan fingerprint density at radius 2 is 1.55 bits per heavy atom. The first-order valence-corrected chi connectivity index (χ1v) is 11.1. The summed E-state index contributed by atoms with van der Waals surface area (Å²) in [6.45, 7) is 1.86. The third-order valence-corrected chi connectivity index (χ3v) is 6.06. The molecule has 2 N–H and O–H groups in total. The molecule has 4 nitrogen and oxygen atoms in total. The molecular weight excluding hydrogens is 519 g/mol. The van der Waals surface area contributed by atoms with Gasteiger partial charge in [-0.2, -0.15) is 0 Å². The second-order valence-electron chi connectivity index (χ2n) is 6.25. The zero-order valence-corrected chi connectivity index (χ0v) is 19.2. The van der Waals surface area contributed by atoms with E-state index in [1.54, 1.807) is 24.3 Å². The summed E-state index contributed by atoms with van der Waals surface area (Å²) in [5, 5.41) is 6.01. The molecule has 1 atom stereocenters. The van der Waals surface area contributed by atoms with Gasteiger partial charge in [-0.3, -0.25) is 9.59 Å². The lowest BCUT2D eigenvalue weighted by Crippen LogP contribution is -2.22. The Morgan fingerprint density at radius 3 is 2.21 bits per heavy atom. The second kappa shape index (κ2) is 10.1. The third-order valence-electron chi connectivity index (χ3n) is 3.99. The average Bonchev–Trinajstić information content (AvgIpc) is 2.71. The Bertz CT molecular complexity index is 1010. The zero-order valence-electron chi connectivity index (χ0n) is 15.5. The van der Waals surface area contributed by atoms with Crippen molar-refractivity contribution < 1.29 is 9.59 Å². The number of carbonyl (C=O) groups is 2. The van der Waals surface area contributed by atoms with E-state index in [0.29, 0.717) is 16.3 Å². The first-order chi connectivity index (χ1) is 13.9. The molecule has 0 fully saturated rings. The molecule has 0 radical (unpaired) electrons. The highest BCUT2D eigenvalue weighted by molar-refractivity contribution is 14.1. The van der Waals surface area contributed by atoms with Crippen molar-refractivity contribution in [2.45, 2.75) is 17.1 Å². The molecule has 29 heavy (non-hydrogen) atoms. The van der Waals surface area contributed by atoms with Gasteiger partial charge in [0, 0.05) is 30.4 Å². The number of nitrogens with one attached hydrogen (secondary N) is 2. The monoisotopic (exact) mass is 536 g/mol. The number of anilines is 2. The van der Waals surface area contributed by atoms with Crippen LogP contribution in [0, 0.1) is 3.57 Å². The van der Waals surface area contributed by atoms with Gasteiger partial charge in [0.05, 0.1) is 5.25 Å². The molecule has 3 rings (SSSR count). The molecular formula is C22H18ClIN2O2S. The number of carbonyl (C=O) groups excluding carboxylic acids is 2. The first kappa shape index (κ1) is 21.7. The van der Waals surface area contributed by atoms with E-state index in [-0.39, 0.29) is 17.1 Å². The molecule has 0 aliphatic rings. The molecule has 0 heterocycles. The molecule has 0 aromatic heterocycles. The van der Waals surface area contributed by atoms with Crippen molar-refractivity contribution in [3.05, 3.63) is 87.0 Å². The smallest absolute Gasteiger partial charge is 0.255 e. The van der Waals surface area contributed by atoms with Crippen LogP contribution in [0.1, 0.15) is 17.3 Å². The van der Waals surface area contributed by atoms with E-state index >= 15 is 0 Å². The van der Waals surface area contributed by atoms with Gasteiger partial charge in [-0.15, -0.1) is 11.8 Å². The van der Waals surface area contributed by atoms with E-state index in [1.165, 1.54) is 11.8 Å². The zero-order chi connectivity index (χ0) is 20.8. The van der Waals surface area contributed by atoms with Crippen LogP contribution in [-0.4, -0.2) is 17.1 Å². The molecule has 0 spiro atoms. The number of rotatable bonds is 6. The van der Waals surface area contributed by atoms with E-state index in [2.05, 4.69) is 33.2 Å². The van der Waals surface area contributed by atoms with E-state index in [0.717, 1.165) is 14.2 Å². The topological polar surface area (TPSA) is 58.2 Å². The van der Waals surface area contributed by atoms with Crippen molar-refractivity contribution in [3.63, 3.8) is 0 Å². The summed E-state index contributed by atoms with van der Waals surface area (Å²) in [7, 11) is 0. The van der Waals surface area contributed by atoms with Crippen LogP contribution in [0.2, 0.25) is 5.02 Å². The SMILES string of the molecule is CC(Sc1ccc(NC(=O)c2cccc(Cl)c2)cc1)C(=O)Nc1ccc(I)cc1. The van der Waals surface area contributed by atoms with Gasteiger partial charge in [0.15, 0.2) is 0 Å². The largest absolute Gasteiger partial charge is 0.325 e. The number of halogens is 2. The molecule has 0 aliphatic heterocycles. The molecule has 0 saturated heterocycles. The van der Waals surface area contributed by atoms with Crippen LogP contribution in [-0.2, 0) is 4.79 Å².